The number of esters is 2. The highest BCUT2D eigenvalue weighted by molar-refractivity contribution is 7.54. The Kier molecular flexibility index (Phi) is 13.3. The van der Waals surface area contributed by atoms with Gasteiger partial charge in [0.25, 0.3) is 0 Å². The van der Waals surface area contributed by atoms with Crippen LogP contribution in [0.15, 0.2) is 6.33 Å². The van der Waals surface area contributed by atoms with Crippen molar-refractivity contribution in [2.75, 3.05) is 19.5 Å². The first-order valence-electron chi connectivity index (χ1n) is 16.1. The molecule has 6 atom stereocenters. The van der Waals surface area contributed by atoms with Crippen molar-refractivity contribution in [1.82, 2.24) is 29.7 Å². The third kappa shape index (κ3) is 9.83. The van der Waals surface area contributed by atoms with Crippen LogP contribution in [0.4, 0.5) is 5.95 Å². The summed E-state index contributed by atoms with van der Waals surface area (Å²) in [6.07, 6.45) is -3.17. The molecule has 1 fully saturated rings. The van der Waals surface area contributed by atoms with Crippen LogP contribution < -0.4 is 20.6 Å². The highest BCUT2D eigenvalue weighted by atomic mass is 31.2. The summed E-state index contributed by atoms with van der Waals surface area (Å²) in [6.45, 7) is 15.1. The van der Waals surface area contributed by atoms with Crippen LogP contribution in [0, 0.1) is 11.8 Å². The van der Waals surface area contributed by atoms with Gasteiger partial charge in [-0.1, -0.05) is 27.7 Å². The Morgan fingerprint density at radius 2 is 1.54 bits per heavy atom. The smallest absolute Gasteiger partial charge is 0.342 e. The van der Waals surface area contributed by atoms with E-state index >= 15 is 0 Å². The predicted octanol–water partition coefficient (Wildman–Crippen LogP) is 2.46. The number of hydrogen-bond acceptors (Lipinski definition) is 14. The fraction of sp³-hybridized carbons (Fsp3) is 0.767. The molecule has 1 aliphatic heterocycles. The Morgan fingerprint density at radius 3 is 2.00 bits per heavy atom. The van der Waals surface area contributed by atoms with Gasteiger partial charge in [0.1, 0.15) is 29.9 Å². The molecule has 1 saturated heterocycles. The number of aliphatic hydroxyl groups is 2. The summed E-state index contributed by atoms with van der Waals surface area (Å²) in [4.78, 5) is 38.8. The number of methoxy groups -OCH3 is 1. The number of fused-ring (bicyclic) bond motifs is 1. The molecule has 3 unspecified atom stereocenters. The van der Waals surface area contributed by atoms with E-state index in [4.69, 9.17) is 29.2 Å². The standard InChI is InChI=1S/C30H52N7O10P/c1-15(2)11-19(26(39)45-17(5)6)35-48(42,36-20(12-16(3)4)27(40)46-18(7)8)44-13-21-23(38)30(9,41)28(47-21)37-14-32-22-24(37)33-29(31)34-25(22)43-10/h14-21,23,28,38,41H,11-13H2,1-10H3,(H2,31,33,34)(H2,35,36,42)/t19?,20?,21-,23?,28-,30+,48?/m1/s1. The topological polar surface area (TPSA) is 231 Å². The summed E-state index contributed by atoms with van der Waals surface area (Å²) in [7, 11) is -2.95. The average molecular weight is 702 g/mol. The monoisotopic (exact) mass is 701 g/mol. The Labute approximate surface area is 281 Å². The Morgan fingerprint density at radius 1 is 1.02 bits per heavy atom. The number of aliphatic hydroxyl groups excluding tert-OH is 1. The summed E-state index contributed by atoms with van der Waals surface area (Å²) in [6, 6.07) is -2.18. The maximum Gasteiger partial charge on any atom is 0.342 e. The zero-order valence-corrected chi connectivity index (χ0v) is 30.3. The van der Waals surface area contributed by atoms with Crippen molar-refractivity contribution in [1.29, 1.82) is 0 Å². The quantitative estimate of drug-likeness (QED) is 0.118. The van der Waals surface area contributed by atoms with E-state index in [1.54, 1.807) is 27.7 Å². The molecular formula is C30H52N7O10P. The number of nitrogen functional groups attached to an aromatic ring is 1. The number of nitrogens with zero attached hydrogens (tertiary/aromatic N) is 4. The van der Waals surface area contributed by atoms with E-state index in [0.717, 1.165) is 0 Å². The van der Waals surface area contributed by atoms with E-state index in [0.29, 0.717) is 0 Å². The van der Waals surface area contributed by atoms with E-state index in [-0.39, 0.29) is 47.7 Å². The Balaban J connectivity index is 1.96. The van der Waals surface area contributed by atoms with Crippen LogP contribution in [-0.2, 0) is 32.9 Å². The van der Waals surface area contributed by atoms with E-state index in [2.05, 4.69) is 25.1 Å². The lowest BCUT2D eigenvalue weighted by Gasteiger charge is -2.31. The maximum atomic E-state index is 14.7. The molecule has 6 N–H and O–H groups in total. The van der Waals surface area contributed by atoms with Crippen LogP contribution in [0.1, 0.15) is 81.4 Å². The highest BCUT2D eigenvalue weighted by Crippen LogP contribution is 2.45. The normalized spacial score (nSPS) is 24.0. The second-order valence-corrected chi connectivity index (χ2v) is 15.4. The summed E-state index contributed by atoms with van der Waals surface area (Å²) < 4.78 is 44.2. The van der Waals surface area contributed by atoms with Gasteiger partial charge in [-0.3, -0.25) is 18.7 Å². The predicted molar refractivity (Wildman–Crippen MR) is 176 cm³/mol. The lowest BCUT2D eigenvalue weighted by atomic mass is 9.96. The third-order valence-corrected chi connectivity index (χ3v) is 9.18. The van der Waals surface area contributed by atoms with Gasteiger partial charge in [-0.2, -0.15) is 9.97 Å². The van der Waals surface area contributed by atoms with Gasteiger partial charge in [-0.15, -0.1) is 0 Å². The molecule has 1 aliphatic rings. The van der Waals surface area contributed by atoms with E-state index in [9.17, 15) is 24.4 Å². The van der Waals surface area contributed by atoms with Gasteiger partial charge in [0, 0.05) is 0 Å². The van der Waals surface area contributed by atoms with Crippen molar-refractivity contribution in [2.24, 2.45) is 11.8 Å². The minimum absolute atomic E-state index is 0.0228. The molecule has 3 rings (SSSR count). The molecule has 0 radical (unpaired) electrons. The van der Waals surface area contributed by atoms with E-state index in [1.807, 2.05) is 27.7 Å². The summed E-state index contributed by atoms with van der Waals surface area (Å²) >= 11 is 0. The number of hydrogen-bond donors (Lipinski definition) is 5. The molecule has 3 heterocycles. The summed E-state index contributed by atoms with van der Waals surface area (Å²) in [5, 5.41) is 28.3. The molecule has 0 bridgehead atoms. The first-order valence-corrected chi connectivity index (χ1v) is 17.7. The van der Waals surface area contributed by atoms with Crippen LogP contribution in [0.25, 0.3) is 11.2 Å². The van der Waals surface area contributed by atoms with Gasteiger partial charge >= 0.3 is 19.6 Å². The highest BCUT2D eigenvalue weighted by Gasteiger charge is 2.54. The van der Waals surface area contributed by atoms with Gasteiger partial charge < -0.3 is 39.4 Å². The Bertz CT molecular complexity index is 1410. The van der Waals surface area contributed by atoms with Gasteiger partial charge in [0.2, 0.25) is 11.8 Å². The van der Waals surface area contributed by atoms with Crippen LogP contribution in [0.2, 0.25) is 0 Å². The molecule has 2 aromatic rings. The van der Waals surface area contributed by atoms with Crippen LogP contribution in [0.5, 0.6) is 5.88 Å². The van der Waals surface area contributed by atoms with Crippen molar-refractivity contribution in [3.05, 3.63) is 6.33 Å². The Hall–Kier alpha value is -2.92. The minimum atomic E-state index is -4.34. The van der Waals surface area contributed by atoms with Crippen molar-refractivity contribution < 1.29 is 47.8 Å². The second-order valence-electron chi connectivity index (χ2n) is 13.6. The first-order chi connectivity index (χ1) is 22.3. The third-order valence-electron chi connectivity index (χ3n) is 7.37. The number of anilines is 1. The van der Waals surface area contributed by atoms with Crippen molar-refractivity contribution in [3.8, 4) is 5.88 Å². The van der Waals surface area contributed by atoms with Crippen molar-refractivity contribution in [2.45, 2.75) is 123 Å². The summed E-state index contributed by atoms with van der Waals surface area (Å²) in [5.41, 5.74) is 4.34. The molecule has 0 spiro atoms. The summed E-state index contributed by atoms with van der Waals surface area (Å²) in [5.74, 6) is -1.37. The van der Waals surface area contributed by atoms with Gasteiger partial charge in [0.05, 0.1) is 32.3 Å². The fourth-order valence-electron chi connectivity index (χ4n) is 5.27. The number of carbonyl (C=O) groups excluding carboxylic acids is 2. The van der Waals surface area contributed by atoms with Crippen LogP contribution in [0.3, 0.4) is 0 Å². The van der Waals surface area contributed by atoms with Crippen LogP contribution in [-0.4, -0.2) is 97.5 Å². The fourth-order valence-corrected chi connectivity index (χ4v) is 7.10. The number of rotatable bonds is 17. The molecule has 18 heteroatoms. The molecule has 0 aliphatic carbocycles. The van der Waals surface area contributed by atoms with Gasteiger partial charge in [-0.25, -0.2) is 15.2 Å². The van der Waals surface area contributed by atoms with Crippen LogP contribution >= 0.6 is 7.67 Å². The zero-order chi connectivity index (χ0) is 36.1. The number of nitrogens with two attached hydrogens (primary N) is 1. The molecule has 0 amide bonds. The molecule has 0 aromatic carbocycles. The maximum absolute atomic E-state index is 14.7. The zero-order valence-electron chi connectivity index (χ0n) is 29.4. The average Bonchev–Trinajstić information content (AvgIpc) is 3.46. The first kappa shape index (κ1) is 39.5. The molecule has 2 aromatic heterocycles. The van der Waals surface area contributed by atoms with Crippen molar-refractivity contribution >= 4 is 36.7 Å². The molecule has 0 saturated carbocycles. The lowest BCUT2D eigenvalue weighted by molar-refractivity contribution is -0.150. The van der Waals surface area contributed by atoms with Crippen molar-refractivity contribution in [3.63, 3.8) is 0 Å². The molecule has 17 nitrogen and oxygen atoms in total. The van der Waals surface area contributed by atoms with E-state index in [1.165, 1.54) is 24.9 Å². The lowest BCUT2D eigenvalue weighted by Crippen LogP contribution is -2.47. The van der Waals surface area contributed by atoms with Gasteiger partial charge in [0.15, 0.2) is 17.4 Å². The number of carbonyl (C=O) groups is 2. The number of ether oxygens (including phenoxy) is 4. The molecule has 272 valence electrons. The SMILES string of the molecule is COc1nc(N)nc2c1ncn2[C@@H]1O[C@H](COP(=O)(NC(CC(C)C)C(=O)OC(C)C)NC(CC(C)C)C(=O)OC(C)C)C(O)[C@]1(C)O. The van der Waals surface area contributed by atoms with Gasteiger partial charge in [-0.05, 0) is 59.3 Å². The second kappa shape index (κ2) is 16.2. The molecular weight excluding hydrogens is 649 g/mol. The number of imidazole rings is 1. The van der Waals surface area contributed by atoms with E-state index < -0.39 is 74.5 Å². The largest absolute Gasteiger partial charge is 0.479 e. The minimum Gasteiger partial charge on any atom is -0.479 e. The number of nitrogens with one attached hydrogen (secondary N) is 2. The number of aromatic nitrogens is 4. The molecule has 48 heavy (non-hydrogen) atoms.